The van der Waals surface area contributed by atoms with E-state index in [1.807, 2.05) is 34.6 Å². The molecule has 3 fully saturated rings. The van der Waals surface area contributed by atoms with Gasteiger partial charge in [0.25, 0.3) is 0 Å². The molecule has 2 amide bonds. The number of aliphatic hydroxyl groups is 1. The number of ether oxygens (including phenoxy) is 2. The molecule has 3 saturated heterocycles. The fourth-order valence-corrected chi connectivity index (χ4v) is 6.81. The lowest BCUT2D eigenvalue weighted by Gasteiger charge is -2.42. The molecule has 3 aliphatic rings. The van der Waals surface area contributed by atoms with Gasteiger partial charge in [-0.1, -0.05) is 39.3 Å². The summed E-state index contributed by atoms with van der Waals surface area (Å²) in [5.74, 6) is -2.60. The molecule has 0 aromatic rings. The molecule has 0 aromatic carbocycles. The van der Waals surface area contributed by atoms with Crippen molar-refractivity contribution in [3.05, 3.63) is 25.3 Å². The van der Waals surface area contributed by atoms with Crippen molar-refractivity contribution < 1.29 is 29.0 Å². The van der Waals surface area contributed by atoms with E-state index in [4.69, 9.17) is 9.47 Å². The third-order valence-corrected chi connectivity index (χ3v) is 8.98. The second-order valence-corrected chi connectivity index (χ2v) is 11.2. The molecule has 0 aromatic heterocycles. The molecule has 0 saturated carbocycles. The smallest absolute Gasteiger partial charge is 0.312 e. The number of rotatable bonds is 14. The first kappa shape index (κ1) is 29.4. The summed E-state index contributed by atoms with van der Waals surface area (Å²) in [7, 11) is 0. The van der Waals surface area contributed by atoms with Crippen LogP contribution in [-0.2, 0) is 23.9 Å². The van der Waals surface area contributed by atoms with Gasteiger partial charge in [-0.2, -0.15) is 0 Å². The molecule has 37 heavy (non-hydrogen) atoms. The minimum absolute atomic E-state index is 0.0481. The van der Waals surface area contributed by atoms with Gasteiger partial charge < -0.3 is 24.4 Å². The Morgan fingerprint density at radius 1 is 1.24 bits per heavy atom. The molecule has 3 rings (SSSR count). The Bertz CT molecular complexity index is 890. The summed E-state index contributed by atoms with van der Waals surface area (Å²) in [4.78, 5) is 45.5. The highest BCUT2D eigenvalue weighted by atomic mass is 16.6. The quantitative estimate of drug-likeness (QED) is 0.215. The van der Waals surface area contributed by atoms with Gasteiger partial charge in [0.1, 0.15) is 17.6 Å². The molecule has 8 heteroatoms. The maximum atomic E-state index is 14.3. The highest BCUT2D eigenvalue weighted by Crippen LogP contribution is 2.65. The first-order valence-corrected chi connectivity index (χ1v) is 13.9. The van der Waals surface area contributed by atoms with E-state index in [2.05, 4.69) is 13.2 Å². The van der Waals surface area contributed by atoms with Crippen LogP contribution < -0.4 is 0 Å². The number of likely N-dealkylation sites (tertiary alicyclic amines) is 1. The maximum Gasteiger partial charge on any atom is 0.312 e. The van der Waals surface area contributed by atoms with Crippen LogP contribution in [0.15, 0.2) is 25.3 Å². The molecular weight excluding hydrogens is 472 g/mol. The second kappa shape index (κ2) is 11.7. The van der Waals surface area contributed by atoms with Crippen LogP contribution in [0.5, 0.6) is 0 Å². The molecular formula is C29H46N2O6. The Kier molecular flexibility index (Phi) is 9.27. The van der Waals surface area contributed by atoms with E-state index in [0.717, 1.165) is 12.8 Å². The van der Waals surface area contributed by atoms with Crippen LogP contribution in [-0.4, -0.2) is 81.8 Å². The molecule has 7 atom stereocenters. The second-order valence-electron chi connectivity index (χ2n) is 11.2. The molecule has 0 radical (unpaired) electrons. The minimum atomic E-state index is -1.13. The van der Waals surface area contributed by atoms with Gasteiger partial charge in [-0.25, -0.2) is 0 Å². The predicted octanol–water partition coefficient (Wildman–Crippen LogP) is 3.48. The van der Waals surface area contributed by atoms with Crippen LogP contribution in [0.25, 0.3) is 0 Å². The summed E-state index contributed by atoms with van der Waals surface area (Å²) in [6.45, 7) is 17.6. The molecule has 1 N–H and O–H groups in total. The van der Waals surface area contributed by atoms with Crippen molar-refractivity contribution in [1.29, 1.82) is 0 Å². The van der Waals surface area contributed by atoms with E-state index in [9.17, 15) is 19.5 Å². The van der Waals surface area contributed by atoms with E-state index in [0.29, 0.717) is 32.2 Å². The Morgan fingerprint density at radius 3 is 2.49 bits per heavy atom. The SMILES string of the molecule is C=CCCCOC(=O)[C@@H]1[C@H]2C(=O)N([C@@H](CO)[C@@H](C)CC)C(C(=O)N(CC=C)C(C)C)C23CC[C@@]1(CC)O3. The number of esters is 1. The molecule has 3 aliphatic heterocycles. The van der Waals surface area contributed by atoms with Crippen LogP contribution >= 0.6 is 0 Å². The van der Waals surface area contributed by atoms with Crippen LogP contribution in [0.2, 0.25) is 0 Å². The van der Waals surface area contributed by atoms with Crippen molar-refractivity contribution in [3.8, 4) is 0 Å². The number of fused-ring (bicyclic) bond motifs is 1. The third-order valence-electron chi connectivity index (χ3n) is 8.98. The number of hydrogen-bond donors (Lipinski definition) is 1. The van der Waals surface area contributed by atoms with Crippen LogP contribution in [0.4, 0.5) is 0 Å². The van der Waals surface area contributed by atoms with Gasteiger partial charge in [0.2, 0.25) is 11.8 Å². The number of amides is 2. The number of carbonyl (C=O) groups excluding carboxylic acids is 3. The van der Waals surface area contributed by atoms with Crippen LogP contribution in [0.3, 0.4) is 0 Å². The molecule has 3 heterocycles. The molecule has 1 spiro atoms. The van der Waals surface area contributed by atoms with Gasteiger partial charge in [-0.05, 0) is 51.9 Å². The van der Waals surface area contributed by atoms with Gasteiger partial charge in [0.05, 0.1) is 30.8 Å². The highest BCUT2D eigenvalue weighted by Gasteiger charge is 2.79. The van der Waals surface area contributed by atoms with Gasteiger partial charge >= 0.3 is 5.97 Å². The normalized spacial score (nSPS) is 31.8. The number of aliphatic hydroxyl groups excluding tert-OH is 1. The zero-order chi connectivity index (χ0) is 27.5. The number of hydrogen-bond acceptors (Lipinski definition) is 6. The Morgan fingerprint density at radius 2 is 1.95 bits per heavy atom. The largest absolute Gasteiger partial charge is 0.465 e. The fraction of sp³-hybridized carbons (Fsp3) is 0.759. The molecule has 8 nitrogen and oxygen atoms in total. The van der Waals surface area contributed by atoms with Gasteiger partial charge in [0.15, 0.2) is 0 Å². The molecule has 2 unspecified atom stereocenters. The Balaban J connectivity index is 2.11. The lowest BCUT2D eigenvalue weighted by Crippen LogP contribution is -2.60. The number of allylic oxidation sites excluding steroid dienone is 1. The summed E-state index contributed by atoms with van der Waals surface area (Å²) in [5.41, 5.74) is -1.98. The predicted molar refractivity (Wildman–Crippen MR) is 141 cm³/mol. The average Bonchev–Trinajstić information content (AvgIpc) is 3.48. The fourth-order valence-electron chi connectivity index (χ4n) is 6.81. The first-order chi connectivity index (χ1) is 17.6. The molecule has 2 bridgehead atoms. The maximum absolute atomic E-state index is 14.3. The number of nitrogens with zero attached hydrogens (tertiary/aromatic N) is 2. The third kappa shape index (κ3) is 4.76. The average molecular weight is 519 g/mol. The lowest BCUT2D eigenvalue weighted by atomic mass is 9.65. The van der Waals surface area contributed by atoms with Crippen molar-refractivity contribution >= 4 is 17.8 Å². The van der Waals surface area contributed by atoms with E-state index in [1.165, 1.54) is 0 Å². The van der Waals surface area contributed by atoms with Gasteiger partial charge in [-0.15, -0.1) is 13.2 Å². The summed E-state index contributed by atoms with van der Waals surface area (Å²) >= 11 is 0. The monoisotopic (exact) mass is 518 g/mol. The van der Waals surface area contributed by atoms with Gasteiger partial charge in [-0.3, -0.25) is 14.4 Å². The molecule has 208 valence electrons. The first-order valence-electron chi connectivity index (χ1n) is 13.9. The number of unbranched alkanes of at least 4 members (excludes halogenated alkanes) is 1. The Hall–Kier alpha value is -2.19. The highest BCUT2D eigenvalue weighted by molar-refractivity contribution is 5.99. The summed E-state index contributed by atoms with van der Waals surface area (Å²) in [6.07, 6.45) is 7.19. The zero-order valence-electron chi connectivity index (χ0n) is 23.3. The number of carbonyl (C=O) groups is 3. The topological polar surface area (TPSA) is 96.4 Å². The zero-order valence-corrected chi connectivity index (χ0v) is 23.3. The van der Waals surface area contributed by atoms with E-state index in [1.54, 1.807) is 22.0 Å². The van der Waals surface area contributed by atoms with Crippen molar-refractivity contribution in [2.24, 2.45) is 17.8 Å². The van der Waals surface area contributed by atoms with Crippen molar-refractivity contribution in [3.63, 3.8) is 0 Å². The van der Waals surface area contributed by atoms with Crippen molar-refractivity contribution in [2.45, 2.75) is 102 Å². The van der Waals surface area contributed by atoms with Gasteiger partial charge in [0, 0.05) is 12.6 Å². The van der Waals surface area contributed by atoms with Crippen LogP contribution in [0, 0.1) is 17.8 Å². The van der Waals surface area contributed by atoms with E-state index >= 15 is 0 Å². The summed E-state index contributed by atoms with van der Waals surface area (Å²) in [5, 5.41) is 10.4. The summed E-state index contributed by atoms with van der Waals surface area (Å²) < 4.78 is 12.5. The lowest BCUT2D eigenvalue weighted by molar-refractivity contribution is -0.164. The van der Waals surface area contributed by atoms with Crippen molar-refractivity contribution in [1.82, 2.24) is 9.80 Å². The van der Waals surface area contributed by atoms with E-state index in [-0.39, 0.29) is 37.0 Å². The standard InChI is InChI=1S/C29H46N2O6/c1-8-12-13-17-36-27(35)23-22-25(33)31(21(18-32)20(7)10-3)24(26(34)30(16-9-2)19(5)6)29(22)15-14-28(23,11-4)37-29/h8-9,19-24,32H,1-2,10-18H2,3-7H3/t20-,21-,22-,23-,24?,28+,29?/m0/s1. The van der Waals surface area contributed by atoms with Crippen LogP contribution in [0.1, 0.15) is 73.1 Å². The van der Waals surface area contributed by atoms with Crippen molar-refractivity contribution in [2.75, 3.05) is 19.8 Å². The Labute approximate surface area is 222 Å². The molecule has 0 aliphatic carbocycles. The summed E-state index contributed by atoms with van der Waals surface area (Å²) in [6, 6.07) is -1.61. The van der Waals surface area contributed by atoms with E-state index < -0.39 is 41.1 Å². The minimum Gasteiger partial charge on any atom is -0.465 e.